The number of carbonyl (C=O) groups excluding carboxylic acids is 1. The third kappa shape index (κ3) is 7.13. The monoisotopic (exact) mass is 307 g/mol. The Bertz CT molecular complexity index is 276. The molecule has 7 nitrogen and oxygen atoms in total. The van der Waals surface area contributed by atoms with E-state index in [1.54, 1.807) is 28.3 Å². The average Bonchev–Trinajstić information content (AvgIpc) is 2.38. The zero-order valence-corrected chi connectivity index (χ0v) is 13.7. The first-order valence-corrected chi connectivity index (χ1v) is 7.74. The Morgan fingerprint density at radius 1 is 1.40 bits per heavy atom. The predicted molar refractivity (Wildman–Crippen MR) is 76.3 cm³/mol. The Labute approximate surface area is 121 Å². The van der Waals surface area contributed by atoms with Crippen LogP contribution in [0, 0.1) is 0 Å². The van der Waals surface area contributed by atoms with Gasteiger partial charge in [-0.05, 0) is 19.9 Å². The molecule has 0 aromatic carbocycles. The zero-order chi connectivity index (χ0) is 15.5. The van der Waals surface area contributed by atoms with Gasteiger partial charge in [0, 0.05) is 33.4 Å². The van der Waals surface area contributed by atoms with Gasteiger partial charge in [-0.15, -0.1) is 0 Å². The molecule has 3 atom stereocenters. The molecule has 3 unspecified atom stereocenters. The normalized spacial score (nSPS) is 20.2. The molecule has 0 spiro atoms. The van der Waals surface area contributed by atoms with Crippen molar-refractivity contribution in [2.75, 3.05) is 27.9 Å². The Hall–Kier alpha value is -0.773. The molecule has 0 amide bonds. The van der Waals surface area contributed by atoms with Crippen molar-refractivity contribution in [2.45, 2.75) is 31.6 Å². The lowest BCUT2D eigenvalue weighted by Gasteiger charge is -2.35. The number of nitrogens with one attached hydrogen (secondary N) is 1. The highest BCUT2D eigenvalue weighted by molar-refractivity contribution is 6.36. The van der Waals surface area contributed by atoms with E-state index in [0.717, 1.165) is 19.0 Å². The first kappa shape index (κ1) is 19.2. The molecule has 118 valence electrons. The lowest BCUT2D eigenvalue weighted by Crippen LogP contribution is -2.55. The van der Waals surface area contributed by atoms with Gasteiger partial charge >= 0.3 is 15.5 Å². The van der Waals surface area contributed by atoms with E-state index < -0.39 is 27.7 Å². The fourth-order valence-corrected chi connectivity index (χ4v) is 2.16. The molecule has 0 saturated carbocycles. The number of aliphatic hydroxyl groups is 1. The van der Waals surface area contributed by atoms with E-state index >= 15 is 0 Å². The molecule has 0 aromatic rings. The highest BCUT2D eigenvalue weighted by Gasteiger charge is 2.32. The van der Waals surface area contributed by atoms with Crippen molar-refractivity contribution in [2.24, 2.45) is 0 Å². The molecule has 1 saturated heterocycles. The van der Waals surface area contributed by atoms with E-state index in [4.69, 9.17) is 18.0 Å². The maximum Gasteiger partial charge on any atom is 0.483 e. The molecule has 0 bridgehead atoms. The van der Waals surface area contributed by atoms with E-state index in [1.807, 2.05) is 0 Å². The lowest BCUT2D eigenvalue weighted by molar-refractivity contribution is -0.152. The van der Waals surface area contributed by atoms with Gasteiger partial charge in [-0.2, -0.15) is 0 Å². The van der Waals surface area contributed by atoms with Crippen LogP contribution in [0.4, 0.5) is 0 Å². The highest BCUT2D eigenvalue weighted by Crippen LogP contribution is 2.14. The zero-order valence-electron chi connectivity index (χ0n) is 12.5. The number of ether oxygens (including phenoxy) is 1. The van der Waals surface area contributed by atoms with Crippen molar-refractivity contribution in [3.63, 3.8) is 0 Å². The molecular weight excluding hydrogens is 282 g/mol. The summed E-state index contributed by atoms with van der Waals surface area (Å²) in [5.41, 5.74) is 0. The summed E-state index contributed by atoms with van der Waals surface area (Å²) in [4.78, 5) is 10.9. The number of esters is 1. The third-order valence-corrected chi connectivity index (χ3v) is 3.88. The minimum atomic E-state index is -1.67. The molecule has 0 aliphatic carbocycles. The molecule has 1 fully saturated rings. The van der Waals surface area contributed by atoms with Crippen molar-refractivity contribution < 1.29 is 27.9 Å². The predicted octanol–water partition coefficient (Wildman–Crippen LogP) is -0.530. The highest BCUT2D eigenvalue weighted by atomic mass is 28.3. The molecule has 1 heterocycles. The van der Waals surface area contributed by atoms with Crippen LogP contribution in [0.3, 0.4) is 0 Å². The Morgan fingerprint density at radius 2 is 1.90 bits per heavy atom. The van der Waals surface area contributed by atoms with Gasteiger partial charge in [-0.25, -0.2) is 4.79 Å². The maximum atomic E-state index is 10.9. The van der Waals surface area contributed by atoms with E-state index in [1.165, 1.54) is 0 Å². The minimum absolute atomic E-state index is 0.0869. The van der Waals surface area contributed by atoms with E-state index in [2.05, 4.69) is 11.9 Å². The lowest BCUT2D eigenvalue weighted by atomic mass is 9.97. The van der Waals surface area contributed by atoms with Crippen molar-refractivity contribution in [1.29, 1.82) is 0 Å². The second-order valence-corrected chi connectivity index (χ2v) is 6.18. The summed E-state index contributed by atoms with van der Waals surface area (Å²) in [6.45, 7) is 5.83. The Morgan fingerprint density at radius 3 is 2.10 bits per heavy atom. The molecular formula is C12H25NO6Si. The van der Waals surface area contributed by atoms with Crippen molar-refractivity contribution >= 4 is 15.5 Å². The quantitative estimate of drug-likeness (QED) is 0.371. The summed E-state index contributed by atoms with van der Waals surface area (Å²) < 4.78 is 19.2. The van der Waals surface area contributed by atoms with E-state index in [0.29, 0.717) is 0 Å². The molecule has 0 radical (unpaired) electrons. The van der Waals surface area contributed by atoms with Crippen LogP contribution >= 0.6 is 0 Å². The third-order valence-electron chi connectivity index (χ3n) is 2.73. The summed E-state index contributed by atoms with van der Waals surface area (Å²) in [7, 11) is 3.05. The Balaban J connectivity index is 0.000000441. The van der Waals surface area contributed by atoms with Crippen molar-refractivity contribution in [3.05, 3.63) is 12.7 Å². The second kappa shape index (κ2) is 10.9. The topological polar surface area (TPSA) is 86.3 Å². The number of aliphatic hydroxyl groups excluding tert-OH is 1. The van der Waals surface area contributed by atoms with Gasteiger partial charge in [-0.1, -0.05) is 6.58 Å². The summed E-state index contributed by atoms with van der Waals surface area (Å²) in [5, 5.41) is 12.4. The molecule has 1 aliphatic heterocycles. The van der Waals surface area contributed by atoms with Crippen LogP contribution in [0.2, 0.25) is 0 Å². The van der Waals surface area contributed by atoms with Crippen molar-refractivity contribution in [3.8, 4) is 0 Å². The molecule has 2 N–H and O–H groups in total. The molecule has 1 aliphatic rings. The molecule has 1 rings (SSSR count). The van der Waals surface area contributed by atoms with Crippen LogP contribution in [0.25, 0.3) is 0 Å². The standard InChI is InChI=1S/C9H15NO3.C3H10O3Si/c1-3-8(12)13-9(6(2)11)7-4-5-10-7;1-4-7(5-2)6-3/h3,6-7,9-11H,1,4-5H2,2H3;7H,1-3H3. The fourth-order valence-electron chi connectivity index (χ4n) is 1.58. The fraction of sp³-hybridized carbons (Fsp3) is 0.750. The van der Waals surface area contributed by atoms with Crippen LogP contribution in [-0.4, -0.2) is 66.7 Å². The van der Waals surface area contributed by atoms with E-state index in [9.17, 15) is 9.90 Å². The summed E-state index contributed by atoms with van der Waals surface area (Å²) in [6.07, 6.45) is 0.926. The number of carbonyl (C=O) groups is 1. The summed E-state index contributed by atoms with van der Waals surface area (Å²) >= 11 is 0. The molecule has 20 heavy (non-hydrogen) atoms. The van der Waals surface area contributed by atoms with Gasteiger partial charge in [0.2, 0.25) is 0 Å². The van der Waals surface area contributed by atoms with Crippen molar-refractivity contribution in [1.82, 2.24) is 5.32 Å². The Kier molecular flexibility index (Phi) is 10.5. The van der Waals surface area contributed by atoms with Gasteiger partial charge in [-0.3, -0.25) is 0 Å². The molecule has 0 aromatic heterocycles. The van der Waals surface area contributed by atoms with Crippen LogP contribution < -0.4 is 5.32 Å². The van der Waals surface area contributed by atoms with Gasteiger partial charge in [0.25, 0.3) is 0 Å². The largest absolute Gasteiger partial charge is 0.483 e. The number of hydrogen-bond acceptors (Lipinski definition) is 7. The van der Waals surface area contributed by atoms with Crippen LogP contribution in [0.15, 0.2) is 12.7 Å². The first-order valence-electron chi connectivity index (χ1n) is 6.33. The van der Waals surface area contributed by atoms with Gasteiger partial charge < -0.3 is 28.4 Å². The second-order valence-electron chi connectivity index (χ2n) is 4.19. The maximum absolute atomic E-state index is 10.9. The summed E-state index contributed by atoms with van der Waals surface area (Å²) in [6, 6.07) is 0.0869. The summed E-state index contributed by atoms with van der Waals surface area (Å²) in [5.74, 6) is -0.486. The SMILES string of the molecule is C=CC(=O)OC(C(C)O)C1CCN1.CO[SiH](OC)OC. The first-order chi connectivity index (χ1) is 9.49. The minimum Gasteiger partial charge on any atom is -0.455 e. The van der Waals surface area contributed by atoms with Crippen LogP contribution in [0.5, 0.6) is 0 Å². The van der Waals surface area contributed by atoms with E-state index in [-0.39, 0.29) is 6.04 Å². The molecule has 8 heteroatoms. The van der Waals surface area contributed by atoms with Gasteiger partial charge in [0.05, 0.1) is 6.10 Å². The number of hydrogen-bond donors (Lipinski definition) is 2. The number of rotatable bonds is 7. The van der Waals surface area contributed by atoms with Crippen LogP contribution in [-0.2, 0) is 22.8 Å². The smallest absolute Gasteiger partial charge is 0.455 e. The van der Waals surface area contributed by atoms with Crippen LogP contribution in [0.1, 0.15) is 13.3 Å². The van der Waals surface area contributed by atoms with Gasteiger partial charge in [0.15, 0.2) is 0 Å². The van der Waals surface area contributed by atoms with Gasteiger partial charge in [0.1, 0.15) is 6.10 Å². The average molecular weight is 307 g/mol.